The molecule has 1 unspecified atom stereocenters. The molecule has 1 aromatic carbocycles. The molecular formula is C13H16O6S2. The van der Waals surface area contributed by atoms with Crippen molar-refractivity contribution in [1.82, 2.24) is 0 Å². The number of carbonyl (C=O) groups is 1. The molecule has 8 heteroatoms. The van der Waals surface area contributed by atoms with E-state index in [0.29, 0.717) is 12.0 Å². The molecule has 1 aromatic rings. The Labute approximate surface area is 123 Å². The van der Waals surface area contributed by atoms with Gasteiger partial charge in [-0.2, -0.15) is 0 Å². The molecule has 0 aliphatic carbocycles. The minimum atomic E-state index is -3.85. The number of rotatable bonds is 4. The van der Waals surface area contributed by atoms with Crippen LogP contribution in [0.2, 0.25) is 0 Å². The van der Waals surface area contributed by atoms with Crippen LogP contribution in [0.3, 0.4) is 0 Å². The molecule has 21 heavy (non-hydrogen) atoms. The summed E-state index contributed by atoms with van der Waals surface area (Å²) in [5, 5.41) is 8.01. The first-order chi connectivity index (χ1) is 9.67. The van der Waals surface area contributed by atoms with Crippen LogP contribution in [0, 0.1) is 0 Å². The van der Waals surface area contributed by atoms with Crippen LogP contribution in [0.25, 0.3) is 0 Å². The van der Waals surface area contributed by atoms with E-state index >= 15 is 0 Å². The third-order valence-corrected chi connectivity index (χ3v) is 7.88. The van der Waals surface area contributed by atoms with E-state index in [0.717, 1.165) is 6.07 Å². The number of aryl methyl sites for hydroxylation is 1. The van der Waals surface area contributed by atoms with Gasteiger partial charge in [0.25, 0.3) is 0 Å². The van der Waals surface area contributed by atoms with E-state index in [1.807, 2.05) is 0 Å². The predicted octanol–water partition coefficient (Wildman–Crippen LogP) is 0.908. The maximum atomic E-state index is 12.6. The van der Waals surface area contributed by atoms with E-state index < -0.39 is 36.6 Å². The predicted molar refractivity (Wildman–Crippen MR) is 77.0 cm³/mol. The van der Waals surface area contributed by atoms with Gasteiger partial charge in [0.2, 0.25) is 0 Å². The molecule has 1 N–H and O–H groups in total. The van der Waals surface area contributed by atoms with Gasteiger partial charge >= 0.3 is 5.97 Å². The highest BCUT2D eigenvalue weighted by atomic mass is 32.2. The van der Waals surface area contributed by atoms with Crippen molar-refractivity contribution in [3.8, 4) is 0 Å². The fourth-order valence-corrected chi connectivity index (χ4v) is 7.12. The fraction of sp³-hybridized carbons (Fsp3) is 0.462. The van der Waals surface area contributed by atoms with Gasteiger partial charge in [0.15, 0.2) is 19.7 Å². The first kappa shape index (κ1) is 16.0. The van der Waals surface area contributed by atoms with Gasteiger partial charge in [-0.15, -0.1) is 0 Å². The zero-order valence-electron chi connectivity index (χ0n) is 11.4. The van der Waals surface area contributed by atoms with Crippen LogP contribution in [0.4, 0.5) is 0 Å². The highest BCUT2D eigenvalue weighted by Gasteiger charge is 2.39. The lowest BCUT2D eigenvalue weighted by atomic mass is 10.1. The van der Waals surface area contributed by atoms with Crippen molar-refractivity contribution < 1.29 is 26.7 Å². The fourth-order valence-electron chi connectivity index (χ4n) is 2.43. The number of aromatic carboxylic acids is 1. The second-order valence-corrected chi connectivity index (χ2v) is 9.48. The third-order valence-electron chi connectivity index (χ3n) is 3.63. The zero-order valence-corrected chi connectivity index (χ0v) is 13.1. The first-order valence-electron chi connectivity index (χ1n) is 6.48. The van der Waals surface area contributed by atoms with Gasteiger partial charge in [-0.05, 0) is 30.5 Å². The Morgan fingerprint density at radius 2 is 2.05 bits per heavy atom. The van der Waals surface area contributed by atoms with Gasteiger partial charge in [0, 0.05) is 0 Å². The van der Waals surface area contributed by atoms with Crippen molar-refractivity contribution in [1.29, 1.82) is 0 Å². The van der Waals surface area contributed by atoms with Gasteiger partial charge in [-0.1, -0.05) is 13.0 Å². The molecule has 116 valence electrons. The maximum absolute atomic E-state index is 12.6. The average Bonchev–Trinajstić information content (AvgIpc) is 2.79. The Balaban J connectivity index is 2.53. The molecule has 2 rings (SSSR count). The Morgan fingerprint density at radius 1 is 1.38 bits per heavy atom. The summed E-state index contributed by atoms with van der Waals surface area (Å²) in [5.74, 6) is -1.75. The van der Waals surface area contributed by atoms with E-state index in [1.54, 1.807) is 6.92 Å². The Morgan fingerprint density at radius 3 is 2.52 bits per heavy atom. The van der Waals surface area contributed by atoms with Crippen LogP contribution in [0.5, 0.6) is 0 Å². The summed E-state index contributed by atoms with van der Waals surface area (Å²) in [6.07, 6.45) is 0.485. The highest BCUT2D eigenvalue weighted by molar-refractivity contribution is 7.96. The van der Waals surface area contributed by atoms with Crippen molar-refractivity contribution in [2.75, 3.05) is 11.5 Å². The second-order valence-electron chi connectivity index (χ2n) is 5.05. The van der Waals surface area contributed by atoms with Crippen LogP contribution in [0.1, 0.15) is 29.3 Å². The van der Waals surface area contributed by atoms with Crippen molar-refractivity contribution in [3.05, 3.63) is 29.3 Å². The molecule has 1 atom stereocenters. The van der Waals surface area contributed by atoms with Crippen molar-refractivity contribution in [2.45, 2.75) is 29.9 Å². The van der Waals surface area contributed by atoms with E-state index in [9.17, 15) is 21.6 Å². The van der Waals surface area contributed by atoms with Crippen LogP contribution < -0.4 is 0 Å². The summed E-state index contributed by atoms with van der Waals surface area (Å²) in [7, 11) is -7.18. The molecular weight excluding hydrogens is 316 g/mol. The van der Waals surface area contributed by atoms with Gasteiger partial charge in [-0.25, -0.2) is 21.6 Å². The number of carboxylic acids is 1. The topological polar surface area (TPSA) is 106 Å². The average molecular weight is 332 g/mol. The molecule has 0 aromatic heterocycles. The quantitative estimate of drug-likeness (QED) is 0.878. The molecule has 1 aliphatic heterocycles. The van der Waals surface area contributed by atoms with Crippen molar-refractivity contribution in [2.24, 2.45) is 0 Å². The summed E-state index contributed by atoms with van der Waals surface area (Å²) in [4.78, 5) is 11.0. The highest BCUT2D eigenvalue weighted by Crippen LogP contribution is 2.28. The van der Waals surface area contributed by atoms with Crippen LogP contribution in [-0.4, -0.2) is 44.7 Å². The van der Waals surface area contributed by atoms with Crippen LogP contribution in [0.15, 0.2) is 23.1 Å². The molecule has 1 fully saturated rings. The van der Waals surface area contributed by atoms with Crippen molar-refractivity contribution >= 4 is 25.6 Å². The minimum Gasteiger partial charge on any atom is -0.478 e. The molecule has 0 amide bonds. The zero-order chi connectivity index (χ0) is 15.8. The van der Waals surface area contributed by atoms with Crippen LogP contribution in [-0.2, 0) is 26.1 Å². The number of carboxylic acid groups (broad SMARTS) is 1. The summed E-state index contributed by atoms with van der Waals surface area (Å²) in [6.45, 7) is 1.76. The standard InChI is InChI=1S/C13H16O6S2/c1-2-9-3-4-10(13(14)15)7-12(9)21(18,19)11-5-6-20(16,17)8-11/h3-4,7,11H,2,5-6,8H2,1H3,(H,14,15). The molecule has 0 saturated carbocycles. The summed E-state index contributed by atoms with van der Waals surface area (Å²) >= 11 is 0. The molecule has 1 heterocycles. The monoisotopic (exact) mass is 332 g/mol. The SMILES string of the molecule is CCc1ccc(C(=O)O)cc1S(=O)(=O)C1CCS(=O)(=O)C1. The van der Waals surface area contributed by atoms with Gasteiger partial charge < -0.3 is 5.11 Å². The normalized spacial score (nSPS) is 21.3. The number of benzene rings is 1. The summed E-state index contributed by atoms with van der Waals surface area (Å²) < 4.78 is 48.2. The van der Waals surface area contributed by atoms with E-state index in [2.05, 4.69) is 0 Å². The Bertz CT molecular complexity index is 777. The summed E-state index contributed by atoms with van der Waals surface area (Å²) in [6, 6.07) is 3.95. The largest absolute Gasteiger partial charge is 0.478 e. The van der Waals surface area contributed by atoms with Crippen molar-refractivity contribution in [3.63, 3.8) is 0 Å². The van der Waals surface area contributed by atoms with E-state index in [1.165, 1.54) is 12.1 Å². The lowest BCUT2D eigenvalue weighted by Gasteiger charge is -2.14. The number of hydrogen-bond acceptors (Lipinski definition) is 5. The maximum Gasteiger partial charge on any atom is 0.335 e. The van der Waals surface area contributed by atoms with Gasteiger partial charge in [0.05, 0.1) is 27.2 Å². The third kappa shape index (κ3) is 3.11. The lowest BCUT2D eigenvalue weighted by Crippen LogP contribution is -2.24. The van der Waals surface area contributed by atoms with Gasteiger partial charge in [0.1, 0.15) is 0 Å². The minimum absolute atomic E-state index is 0.0606. The van der Waals surface area contributed by atoms with Crippen LogP contribution >= 0.6 is 0 Å². The Kier molecular flexibility index (Phi) is 4.12. The molecule has 1 aliphatic rings. The molecule has 0 bridgehead atoms. The first-order valence-corrected chi connectivity index (χ1v) is 9.84. The van der Waals surface area contributed by atoms with E-state index in [-0.39, 0.29) is 22.6 Å². The van der Waals surface area contributed by atoms with E-state index in [4.69, 9.17) is 5.11 Å². The molecule has 0 radical (unpaired) electrons. The molecule has 1 saturated heterocycles. The number of hydrogen-bond donors (Lipinski definition) is 1. The smallest absolute Gasteiger partial charge is 0.335 e. The Hall–Kier alpha value is -1.41. The lowest BCUT2D eigenvalue weighted by molar-refractivity contribution is 0.0696. The number of sulfone groups is 2. The molecule has 6 nitrogen and oxygen atoms in total. The molecule has 0 spiro atoms. The summed E-state index contributed by atoms with van der Waals surface area (Å²) in [5.41, 5.74) is 0.385. The second kappa shape index (κ2) is 5.42. The van der Waals surface area contributed by atoms with Gasteiger partial charge in [-0.3, -0.25) is 0 Å².